The van der Waals surface area contributed by atoms with Gasteiger partial charge in [-0.1, -0.05) is 28.1 Å². The van der Waals surface area contributed by atoms with Gasteiger partial charge in [0.25, 0.3) is 0 Å². The molecule has 0 aromatic heterocycles. The van der Waals surface area contributed by atoms with Gasteiger partial charge in [-0.25, -0.2) is 4.79 Å². The summed E-state index contributed by atoms with van der Waals surface area (Å²) in [5, 5.41) is 5.73. The minimum Gasteiger partial charge on any atom is -0.357 e. The van der Waals surface area contributed by atoms with E-state index in [0.29, 0.717) is 13.1 Å². The highest BCUT2D eigenvalue weighted by molar-refractivity contribution is 9.10. The predicted molar refractivity (Wildman–Crippen MR) is 96.7 cm³/mol. The van der Waals surface area contributed by atoms with E-state index in [1.54, 1.807) is 0 Å². The van der Waals surface area contributed by atoms with Crippen molar-refractivity contribution in [1.82, 2.24) is 20.4 Å². The molecule has 0 radical (unpaired) electrons. The van der Waals surface area contributed by atoms with Crippen LogP contribution in [-0.2, 0) is 11.3 Å². The molecule has 8 heteroatoms. The number of halogens is 1. The van der Waals surface area contributed by atoms with Gasteiger partial charge in [-0.3, -0.25) is 14.7 Å². The fourth-order valence-corrected chi connectivity index (χ4v) is 2.61. The van der Waals surface area contributed by atoms with Crippen LogP contribution in [0.3, 0.4) is 0 Å². The van der Waals surface area contributed by atoms with E-state index in [1.807, 2.05) is 31.0 Å². The topological polar surface area (TPSA) is 77.0 Å². The molecule has 7 nitrogen and oxygen atoms in total. The van der Waals surface area contributed by atoms with Crippen LogP contribution in [0.5, 0.6) is 0 Å². The van der Waals surface area contributed by atoms with Crippen molar-refractivity contribution in [2.24, 2.45) is 4.99 Å². The van der Waals surface area contributed by atoms with E-state index >= 15 is 0 Å². The van der Waals surface area contributed by atoms with Crippen LogP contribution in [0.1, 0.15) is 12.5 Å². The van der Waals surface area contributed by atoms with Crippen molar-refractivity contribution < 1.29 is 9.59 Å². The standard InChI is InChI=1S/C16H22BrN5O2/c1-3-18-15(19-8-9-22-14(23)10-20-16(22)24)21(2)11-12-4-6-13(17)7-5-12/h4-7H,3,8-11H2,1-2H3,(H,18,19)(H,20,24). The SMILES string of the molecule is CCNC(=NCCN1C(=O)CNC1=O)N(C)Cc1ccc(Br)cc1. The fourth-order valence-electron chi connectivity index (χ4n) is 2.35. The van der Waals surface area contributed by atoms with Crippen molar-refractivity contribution in [3.05, 3.63) is 34.3 Å². The summed E-state index contributed by atoms with van der Waals surface area (Å²) in [5.41, 5.74) is 1.17. The number of hydrogen-bond acceptors (Lipinski definition) is 3. The summed E-state index contributed by atoms with van der Waals surface area (Å²) in [7, 11) is 1.96. The number of guanidine groups is 1. The Balaban J connectivity index is 1.95. The first-order valence-corrected chi connectivity index (χ1v) is 8.62. The van der Waals surface area contributed by atoms with Crippen LogP contribution in [0.25, 0.3) is 0 Å². The second-order valence-corrected chi connectivity index (χ2v) is 6.34. The second kappa shape index (κ2) is 8.68. The maximum Gasteiger partial charge on any atom is 0.324 e. The van der Waals surface area contributed by atoms with Crippen LogP contribution in [-0.4, -0.2) is 60.9 Å². The van der Waals surface area contributed by atoms with Gasteiger partial charge in [0, 0.05) is 24.6 Å². The summed E-state index contributed by atoms with van der Waals surface area (Å²) < 4.78 is 1.04. The molecule has 130 valence electrons. The molecule has 2 rings (SSSR count). The van der Waals surface area contributed by atoms with Gasteiger partial charge in [0.05, 0.1) is 19.6 Å². The molecular formula is C16H22BrN5O2. The van der Waals surface area contributed by atoms with Gasteiger partial charge < -0.3 is 15.5 Å². The number of aliphatic imine (C=N–C) groups is 1. The van der Waals surface area contributed by atoms with E-state index in [1.165, 1.54) is 10.5 Å². The molecule has 1 aromatic rings. The van der Waals surface area contributed by atoms with Crippen molar-refractivity contribution in [1.29, 1.82) is 0 Å². The van der Waals surface area contributed by atoms with E-state index in [0.717, 1.165) is 17.0 Å². The number of hydrogen-bond donors (Lipinski definition) is 2. The molecule has 2 N–H and O–H groups in total. The average Bonchev–Trinajstić information content (AvgIpc) is 2.88. The van der Waals surface area contributed by atoms with Crippen LogP contribution in [0.2, 0.25) is 0 Å². The number of carbonyl (C=O) groups is 2. The number of rotatable bonds is 6. The number of carbonyl (C=O) groups excluding carboxylic acids is 2. The Kier molecular flexibility index (Phi) is 6.60. The summed E-state index contributed by atoms with van der Waals surface area (Å²) in [6.07, 6.45) is 0. The molecule has 0 bridgehead atoms. The maximum absolute atomic E-state index is 11.6. The van der Waals surface area contributed by atoms with Gasteiger partial charge in [0.15, 0.2) is 5.96 Å². The zero-order valence-corrected chi connectivity index (χ0v) is 15.5. The molecule has 1 saturated heterocycles. The van der Waals surface area contributed by atoms with Crippen LogP contribution in [0, 0.1) is 0 Å². The summed E-state index contributed by atoms with van der Waals surface area (Å²) >= 11 is 3.43. The van der Waals surface area contributed by atoms with E-state index < -0.39 is 0 Å². The minimum absolute atomic E-state index is 0.0755. The van der Waals surface area contributed by atoms with Crippen molar-refractivity contribution in [2.45, 2.75) is 13.5 Å². The van der Waals surface area contributed by atoms with Crippen LogP contribution in [0.4, 0.5) is 4.79 Å². The summed E-state index contributed by atoms with van der Waals surface area (Å²) in [5.74, 6) is 0.538. The first-order chi connectivity index (χ1) is 11.5. The Morgan fingerprint density at radius 2 is 2.08 bits per heavy atom. The Bertz CT molecular complexity index is 601. The van der Waals surface area contributed by atoms with Gasteiger partial charge >= 0.3 is 6.03 Å². The lowest BCUT2D eigenvalue weighted by Gasteiger charge is -2.22. The zero-order chi connectivity index (χ0) is 17.5. The molecule has 0 unspecified atom stereocenters. The molecule has 24 heavy (non-hydrogen) atoms. The summed E-state index contributed by atoms with van der Waals surface area (Å²) in [4.78, 5) is 30.8. The van der Waals surface area contributed by atoms with Crippen molar-refractivity contribution in [3.8, 4) is 0 Å². The van der Waals surface area contributed by atoms with E-state index in [4.69, 9.17) is 0 Å². The quantitative estimate of drug-likeness (QED) is 0.433. The Morgan fingerprint density at radius 3 is 2.67 bits per heavy atom. The molecule has 0 saturated carbocycles. The molecule has 1 aliphatic heterocycles. The maximum atomic E-state index is 11.6. The fraction of sp³-hybridized carbons (Fsp3) is 0.438. The van der Waals surface area contributed by atoms with Gasteiger partial charge in [-0.15, -0.1) is 0 Å². The van der Waals surface area contributed by atoms with Gasteiger partial charge in [-0.2, -0.15) is 0 Å². The number of amides is 3. The third-order valence-corrected chi connectivity index (χ3v) is 4.08. The first-order valence-electron chi connectivity index (χ1n) is 7.83. The smallest absolute Gasteiger partial charge is 0.324 e. The van der Waals surface area contributed by atoms with Crippen molar-refractivity contribution in [3.63, 3.8) is 0 Å². The molecular weight excluding hydrogens is 374 g/mol. The molecule has 1 aromatic carbocycles. The van der Waals surface area contributed by atoms with Crippen molar-refractivity contribution in [2.75, 3.05) is 33.2 Å². The molecule has 0 spiro atoms. The lowest BCUT2D eigenvalue weighted by Crippen LogP contribution is -2.39. The van der Waals surface area contributed by atoms with Crippen molar-refractivity contribution >= 4 is 33.8 Å². The third kappa shape index (κ3) is 4.95. The highest BCUT2D eigenvalue weighted by Gasteiger charge is 2.27. The Morgan fingerprint density at radius 1 is 1.38 bits per heavy atom. The first kappa shape index (κ1) is 18.3. The van der Waals surface area contributed by atoms with Crippen LogP contribution in [0.15, 0.2) is 33.7 Å². The lowest BCUT2D eigenvalue weighted by molar-refractivity contribution is -0.124. The van der Waals surface area contributed by atoms with E-state index in [9.17, 15) is 9.59 Å². The zero-order valence-electron chi connectivity index (χ0n) is 13.9. The summed E-state index contributed by atoms with van der Waals surface area (Å²) in [6.45, 7) is 4.18. The average molecular weight is 396 g/mol. The number of imide groups is 1. The Hall–Kier alpha value is -2.09. The highest BCUT2D eigenvalue weighted by Crippen LogP contribution is 2.11. The molecule has 0 atom stereocenters. The van der Waals surface area contributed by atoms with E-state index in [-0.39, 0.29) is 25.0 Å². The molecule has 1 aliphatic rings. The van der Waals surface area contributed by atoms with Crippen LogP contribution >= 0.6 is 15.9 Å². The minimum atomic E-state index is -0.344. The monoisotopic (exact) mass is 395 g/mol. The van der Waals surface area contributed by atoms with E-state index in [2.05, 4.69) is 43.7 Å². The van der Waals surface area contributed by atoms with Crippen LogP contribution < -0.4 is 10.6 Å². The normalized spacial score (nSPS) is 14.8. The summed E-state index contributed by atoms with van der Waals surface area (Å²) in [6, 6.07) is 7.77. The molecule has 1 fully saturated rings. The van der Waals surface area contributed by atoms with Gasteiger partial charge in [-0.05, 0) is 24.6 Å². The Labute approximate surface area is 150 Å². The molecule has 3 amide bonds. The van der Waals surface area contributed by atoms with Gasteiger partial charge in [0.1, 0.15) is 0 Å². The number of nitrogens with zero attached hydrogens (tertiary/aromatic N) is 3. The highest BCUT2D eigenvalue weighted by atomic mass is 79.9. The number of nitrogens with one attached hydrogen (secondary N) is 2. The predicted octanol–water partition coefficient (Wildman–Crippen LogP) is 1.40. The second-order valence-electron chi connectivity index (χ2n) is 5.42. The number of benzene rings is 1. The molecule has 1 heterocycles. The number of urea groups is 1. The third-order valence-electron chi connectivity index (χ3n) is 3.55. The molecule has 0 aliphatic carbocycles. The lowest BCUT2D eigenvalue weighted by atomic mass is 10.2. The largest absolute Gasteiger partial charge is 0.357 e. The van der Waals surface area contributed by atoms with Gasteiger partial charge in [0.2, 0.25) is 5.91 Å².